The fraction of sp³-hybridized carbons (Fsp3) is 0.625. The summed E-state index contributed by atoms with van der Waals surface area (Å²) in [6.07, 6.45) is 4.48. The lowest BCUT2D eigenvalue weighted by atomic mass is 9.85. The first-order valence-electron chi connectivity index (χ1n) is 8.30. The number of amides is 3. The predicted octanol–water partition coefficient (Wildman–Crippen LogP) is -0.114. The average Bonchev–Trinajstić information content (AvgIpc) is 3.39. The lowest BCUT2D eigenvalue weighted by Crippen LogP contribution is -2.58. The highest BCUT2D eigenvalue weighted by atomic mass is 16.4. The van der Waals surface area contributed by atoms with E-state index < -0.39 is 11.9 Å². The summed E-state index contributed by atoms with van der Waals surface area (Å²) in [4.78, 5) is 44.5. The molecule has 0 aromatic heterocycles. The van der Waals surface area contributed by atoms with Crippen LogP contribution in [-0.4, -0.2) is 65.2 Å². The van der Waals surface area contributed by atoms with Crippen LogP contribution in [0.3, 0.4) is 0 Å². The lowest BCUT2D eigenvalue weighted by molar-refractivity contribution is -0.137. The second kappa shape index (κ2) is 8.61. The Labute approximate surface area is 145 Å². The highest BCUT2D eigenvalue weighted by Gasteiger charge is 2.39. The molecule has 3 fully saturated rings. The van der Waals surface area contributed by atoms with Crippen LogP contribution < -0.4 is 10.6 Å². The molecule has 3 rings (SSSR count). The van der Waals surface area contributed by atoms with Gasteiger partial charge in [0.1, 0.15) is 0 Å². The number of hydrogen-bond donors (Lipinski definition) is 4. The standard InChI is InChI=1S/C12H19N3O2.C4H4O4/c16-11-10-3-9(4-13-6-10)7-15(11)12(17)14-5-8-1-2-8;5-3(6)1-2-4(7)8/h8-10,13H,1-7H2,(H,14,17);1-2H,(H,5,6)(H,7,8)/b;2-1+. The highest BCUT2D eigenvalue weighted by Crippen LogP contribution is 2.28. The summed E-state index contributed by atoms with van der Waals surface area (Å²) in [5.74, 6) is -1.41. The Morgan fingerprint density at radius 2 is 1.80 bits per heavy atom. The predicted molar refractivity (Wildman–Crippen MR) is 86.7 cm³/mol. The van der Waals surface area contributed by atoms with Gasteiger partial charge in [-0.3, -0.25) is 9.69 Å². The number of hydrogen-bond acceptors (Lipinski definition) is 5. The highest BCUT2D eigenvalue weighted by molar-refractivity contribution is 5.96. The summed E-state index contributed by atoms with van der Waals surface area (Å²) in [5, 5.41) is 21.8. The van der Waals surface area contributed by atoms with Crippen molar-refractivity contribution >= 4 is 23.9 Å². The number of carbonyl (C=O) groups excluding carboxylic acids is 2. The molecule has 4 N–H and O–H groups in total. The molecule has 0 aromatic carbocycles. The van der Waals surface area contributed by atoms with Crippen LogP contribution in [0.25, 0.3) is 0 Å². The van der Waals surface area contributed by atoms with Crippen LogP contribution in [0.5, 0.6) is 0 Å². The van der Waals surface area contributed by atoms with Gasteiger partial charge in [-0.05, 0) is 37.6 Å². The SMILES string of the molecule is O=C(NCC1CC1)N1CC2CNCC(C2)C1=O.O=C(O)/C=C/C(=O)O. The van der Waals surface area contributed by atoms with Crippen molar-refractivity contribution in [3.05, 3.63) is 12.2 Å². The van der Waals surface area contributed by atoms with E-state index in [9.17, 15) is 19.2 Å². The van der Waals surface area contributed by atoms with E-state index in [0.29, 0.717) is 30.5 Å². The zero-order valence-electron chi connectivity index (χ0n) is 13.8. The van der Waals surface area contributed by atoms with Gasteiger partial charge in [0.2, 0.25) is 5.91 Å². The summed E-state index contributed by atoms with van der Waals surface area (Å²) >= 11 is 0. The molecule has 2 bridgehead atoms. The van der Waals surface area contributed by atoms with Crippen LogP contribution in [0, 0.1) is 17.8 Å². The number of carboxylic acid groups (broad SMARTS) is 2. The fourth-order valence-corrected chi connectivity index (χ4v) is 2.90. The minimum Gasteiger partial charge on any atom is -0.478 e. The van der Waals surface area contributed by atoms with Gasteiger partial charge in [0, 0.05) is 31.8 Å². The molecule has 0 aromatic rings. The first kappa shape index (κ1) is 18.9. The molecule has 2 heterocycles. The van der Waals surface area contributed by atoms with Crippen LogP contribution in [0.4, 0.5) is 4.79 Å². The van der Waals surface area contributed by atoms with Gasteiger partial charge in [0.15, 0.2) is 0 Å². The van der Waals surface area contributed by atoms with Crippen LogP contribution in [0.2, 0.25) is 0 Å². The number of fused-ring (bicyclic) bond motifs is 2. The Morgan fingerprint density at radius 3 is 2.36 bits per heavy atom. The number of carbonyl (C=O) groups is 4. The van der Waals surface area contributed by atoms with Crippen molar-refractivity contribution in [1.82, 2.24) is 15.5 Å². The van der Waals surface area contributed by atoms with Gasteiger partial charge in [-0.15, -0.1) is 0 Å². The minimum atomic E-state index is -1.26. The zero-order chi connectivity index (χ0) is 18.4. The van der Waals surface area contributed by atoms with Crippen molar-refractivity contribution in [1.29, 1.82) is 0 Å². The van der Waals surface area contributed by atoms with E-state index in [1.807, 2.05) is 0 Å². The third kappa shape index (κ3) is 6.18. The number of imide groups is 1. The number of nitrogens with zero attached hydrogens (tertiary/aromatic N) is 1. The van der Waals surface area contributed by atoms with Crippen molar-refractivity contribution < 1.29 is 29.4 Å². The van der Waals surface area contributed by atoms with Crippen molar-refractivity contribution in [3.8, 4) is 0 Å². The maximum atomic E-state index is 12.1. The summed E-state index contributed by atoms with van der Waals surface area (Å²) in [5.41, 5.74) is 0. The number of aliphatic carboxylic acids is 2. The Bertz CT molecular complexity index is 556. The van der Waals surface area contributed by atoms with E-state index in [0.717, 1.165) is 26.1 Å². The van der Waals surface area contributed by atoms with E-state index in [2.05, 4.69) is 10.6 Å². The van der Waals surface area contributed by atoms with Crippen LogP contribution in [0.15, 0.2) is 12.2 Å². The van der Waals surface area contributed by atoms with Gasteiger partial charge in [-0.2, -0.15) is 0 Å². The molecular weight excluding hydrogens is 330 g/mol. The van der Waals surface area contributed by atoms with E-state index in [4.69, 9.17) is 10.2 Å². The maximum Gasteiger partial charge on any atom is 0.328 e. The second-order valence-corrected chi connectivity index (χ2v) is 6.54. The molecule has 9 nitrogen and oxygen atoms in total. The van der Waals surface area contributed by atoms with Crippen LogP contribution in [0.1, 0.15) is 19.3 Å². The summed E-state index contributed by atoms with van der Waals surface area (Å²) < 4.78 is 0. The van der Waals surface area contributed by atoms with Gasteiger partial charge in [-0.1, -0.05) is 0 Å². The van der Waals surface area contributed by atoms with Gasteiger partial charge in [0.25, 0.3) is 0 Å². The molecule has 2 aliphatic heterocycles. The third-order valence-electron chi connectivity index (χ3n) is 4.35. The zero-order valence-corrected chi connectivity index (χ0v) is 13.8. The largest absolute Gasteiger partial charge is 0.478 e. The second-order valence-electron chi connectivity index (χ2n) is 6.54. The topological polar surface area (TPSA) is 136 Å². The molecule has 3 aliphatic rings. The third-order valence-corrected chi connectivity index (χ3v) is 4.35. The first-order valence-corrected chi connectivity index (χ1v) is 8.30. The van der Waals surface area contributed by atoms with Crippen molar-refractivity contribution in [2.75, 3.05) is 26.2 Å². The maximum absolute atomic E-state index is 12.1. The van der Waals surface area contributed by atoms with E-state index in [1.165, 1.54) is 17.7 Å². The van der Waals surface area contributed by atoms with E-state index in [-0.39, 0.29) is 17.9 Å². The monoisotopic (exact) mass is 353 g/mol. The lowest BCUT2D eigenvalue weighted by Gasteiger charge is -2.39. The Morgan fingerprint density at radius 1 is 1.16 bits per heavy atom. The molecule has 3 amide bonds. The summed E-state index contributed by atoms with van der Waals surface area (Å²) in [7, 11) is 0. The molecule has 0 spiro atoms. The van der Waals surface area contributed by atoms with Crippen LogP contribution in [-0.2, 0) is 14.4 Å². The van der Waals surface area contributed by atoms with E-state index >= 15 is 0 Å². The normalized spacial score (nSPS) is 25.1. The number of likely N-dealkylation sites (tertiary alicyclic amines) is 1. The van der Waals surface area contributed by atoms with E-state index in [1.54, 1.807) is 0 Å². The Hall–Kier alpha value is -2.42. The quantitative estimate of drug-likeness (QED) is 0.518. The first-order chi connectivity index (χ1) is 11.9. The average molecular weight is 353 g/mol. The molecule has 2 atom stereocenters. The summed E-state index contributed by atoms with van der Waals surface area (Å²) in [6, 6.07) is -0.182. The molecule has 2 unspecified atom stereocenters. The molecule has 1 aliphatic carbocycles. The molecule has 1 saturated carbocycles. The number of urea groups is 1. The van der Waals surface area contributed by atoms with Crippen molar-refractivity contribution in [2.24, 2.45) is 17.8 Å². The molecule has 2 saturated heterocycles. The fourth-order valence-electron chi connectivity index (χ4n) is 2.90. The number of carboxylic acids is 2. The molecule has 25 heavy (non-hydrogen) atoms. The molecule has 138 valence electrons. The summed E-state index contributed by atoms with van der Waals surface area (Å²) in [6.45, 7) is 2.97. The van der Waals surface area contributed by atoms with Gasteiger partial charge >= 0.3 is 18.0 Å². The smallest absolute Gasteiger partial charge is 0.328 e. The Kier molecular flexibility index (Phi) is 6.51. The number of piperidine rings is 2. The molecular formula is C16H23N3O6. The van der Waals surface area contributed by atoms with Crippen molar-refractivity contribution in [2.45, 2.75) is 19.3 Å². The minimum absolute atomic E-state index is 0.00162. The van der Waals surface area contributed by atoms with Gasteiger partial charge < -0.3 is 20.8 Å². The van der Waals surface area contributed by atoms with Crippen molar-refractivity contribution in [3.63, 3.8) is 0 Å². The number of nitrogens with one attached hydrogen (secondary N) is 2. The Balaban J connectivity index is 0.000000242. The molecule has 9 heteroatoms. The van der Waals surface area contributed by atoms with Gasteiger partial charge in [0.05, 0.1) is 5.92 Å². The van der Waals surface area contributed by atoms with Gasteiger partial charge in [-0.25, -0.2) is 14.4 Å². The number of rotatable bonds is 4. The molecule has 0 radical (unpaired) electrons. The van der Waals surface area contributed by atoms with Crippen LogP contribution >= 0.6 is 0 Å².